The number of halogens is 1. The number of hydrogen-bond donors (Lipinski definition) is 2. The van der Waals surface area contributed by atoms with E-state index in [2.05, 4.69) is 12.2 Å². The highest BCUT2D eigenvalue weighted by Gasteiger charge is 2.45. The summed E-state index contributed by atoms with van der Waals surface area (Å²) in [7, 11) is 0. The molecule has 1 saturated carbocycles. The molecule has 0 amide bonds. The molecule has 2 rings (SSSR count). The van der Waals surface area contributed by atoms with Crippen LogP contribution in [0.3, 0.4) is 0 Å². The molecule has 0 radical (unpaired) electrons. The van der Waals surface area contributed by atoms with E-state index in [1.807, 2.05) is 0 Å². The minimum absolute atomic E-state index is 0.0649. The molecule has 110 valence electrons. The van der Waals surface area contributed by atoms with Crippen LogP contribution in [0.1, 0.15) is 37.0 Å². The number of rotatable bonds is 6. The van der Waals surface area contributed by atoms with Gasteiger partial charge in [-0.1, -0.05) is 13.0 Å². The fourth-order valence-corrected chi connectivity index (χ4v) is 3.71. The van der Waals surface area contributed by atoms with Crippen LogP contribution in [0.25, 0.3) is 0 Å². The van der Waals surface area contributed by atoms with Gasteiger partial charge in [-0.05, 0) is 37.7 Å². The molecule has 2 atom stereocenters. The number of nitrogens with one attached hydrogen (secondary N) is 1. The van der Waals surface area contributed by atoms with Gasteiger partial charge in [0.25, 0.3) is 0 Å². The first-order chi connectivity index (χ1) is 9.48. The van der Waals surface area contributed by atoms with Crippen LogP contribution in [0.15, 0.2) is 18.2 Å². The second-order valence-corrected chi connectivity index (χ2v) is 6.64. The van der Waals surface area contributed by atoms with Crippen molar-refractivity contribution in [2.45, 2.75) is 37.5 Å². The summed E-state index contributed by atoms with van der Waals surface area (Å²) in [5.41, 5.74) is -0.241. The van der Waals surface area contributed by atoms with E-state index in [-0.39, 0.29) is 16.6 Å². The third kappa shape index (κ3) is 2.99. The van der Waals surface area contributed by atoms with Crippen molar-refractivity contribution in [1.82, 2.24) is 0 Å². The van der Waals surface area contributed by atoms with Crippen LogP contribution in [-0.2, 0) is 0 Å². The number of ketones is 1. The average Bonchev–Trinajstić information content (AvgIpc) is 2.40. The number of Topliss-reactive ketones (excluding diaryl/α,β-unsaturated/α-hetero) is 1. The molecule has 0 aromatic heterocycles. The Morgan fingerprint density at radius 1 is 1.60 bits per heavy atom. The number of thioether (sulfide) groups is 1. The minimum Gasteiger partial charge on any atom is -0.387 e. The van der Waals surface area contributed by atoms with Crippen LogP contribution in [0.5, 0.6) is 0 Å². The number of carbonyl (C=O) groups excluding carboxylic acids is 1. The molecule has 1 aromatic rings. The van der Waals surface area contributed by atoms with Crippen molar-refractivity contribution in [3.05, 3.63) is 29.6 Å². The normalized spacial score (nSPS) is 25.1. The Balaban J connectivity index is 2.08. The van der Waals surface area contributed by atoms with Gasteiger partial charge in [0.15, 0.2) is 5.78 Å². The first-order valence-corrected chi connectivity index (χ1v) is 7.90. The zero-order valence-corrected chi connectivity index (χ0v) is 12.6. The van der Waals surface area contributed by atoms with E-state index in [0.717, 1.165) is 18.6 Å². The lowest BCUT2D eigenvalue weighted by Gasteiger charge is -2.45. The summed E-state index contributed by atoms with van der Waals surface area (Å²) in [5.74, 6) is 0.124. The van der Waals surface area contributed by atoms with E-state index in [1.165, 1.54) is 13.0 Å². The fraction of sp³-hybridized carbons (Fsp3) is 0.533. The second-order valence-electron chi connectivity index (χ2n) is 5.16. The largest absolute Gasteiger partial charge is 0.387 e. The predicted octanol–water partition coefficient (Wildman–Crippen LogP) is 3.09. The average molecular weight is 297 g/mol. The number of anilines is 1. The highest BCUT2D eigenvalue weighted by Crippen LogP contribution is 2.41. The van der Waals surface area contributed by atoms with E-state index >= 15 is 0 Å². The number of hydrogen-bond acceptors (Lipinski definition) is 4. The Morgan fingerprint density at radius 3 is 2.90 bits per heavy atom. The summed E-state index contributed by atoms with van der Waals surface area (Å²) in [6.45, 7) is 3.75. The first kappa shape index (κ1) is 15.3. The van der Waals surface area contributed by atoms with Crippen LogP contribution in [0.4, 0.5) is 10.1 Å². The van der Waals surface area contributed by atoms with Gasteiger partial charge in [-0.3, -0.25) is 4.79 Å². The van der Waals surface area contributed by atoms with E-state index in [4.69, 9.17) is 0 Å². The van der Waals surface area contributed by atoms with Crippen molar-refractivity contribution in [3.8, 4) is 0 Å². The number of aliphatic hydroxyl groups is 1. The summed E-state index contributed by atoms with van der Waals surface area (Å²) in [5, 5.41) is 13.8. The maximum absolute atomic E-state index is 13.7. The monoisotopic (exact) mass is 297 g/mol. The fourth-order valence-electron chi connectivity index (χ4n) is 2.51. The molecule has 3 nitrogen and oxygen atoms in total. The molecule has 1 fully saturated rings. The van der Waals surface area contributed by atoms with E-state index < -0.39 is 11.4 Å². The van der Waals surface area contributed by atoms with E-state index in [0.29, 0.717) is 12.2 Å². The Bertz CT molecular complexity index is 509. The Morgan fingerprint density at radius 2 is 2.35 bits per heavy atom. The third-order valence-electron chi connectivity index (χ3n) is 3.76. The predicted molar refractivity (Wildman–Crippen MR) is 81.0 cm³/mol. The van der Waals surface area contributed by atoms with Crippen LogP contribution in [0.2, 0.25) is 0 Å². The van der Waals surface area contributed by atoms with Gasteiger partial charge >= 0.3 is 0 Å². The topological polar surface area (TPSA) is 49.3 Å². The number of carbonyl (C=O) groups is 1. The van der Waals surface area contributed by atoms with Gasteiger partial charge in [-0.25, -0.2) is 4.39 Å². The summed E-state index contributed by atoms with van der Waals surface area (Å²) < 4.78 is 13.7. The SMILES string of the molecule is CCSC1CCC1(O)CNc1cccc(F)c1C(C)=O. The second kappa shape index (κ2) is 6.14. The molecule has 1 aromatic carbocycles. The molecular weight excluding hydrogens is 277 g/mol. The van der Waals surface area contributed by atoms with Gasteiger partial charge in [0.1, 0.15) is 5.82 Å². The van der Waals surface area contributed by atoms with Crippen molar-refractivity contribution >= 4 is 23.2 Å². The van der Waals surface area contributed by atoms with Gasteiger partial charge in [0, 0.05) is 17.5 Å². The lowest BCUT2D eigenvalue weighted by Crippen LogP contribution is -2.54. The zero-order valence-electron chi connectivity index (χ0n) is 11.8. The molecule has 5 heteroatoms. The molecule has 1 aliphatic carbocycles. The van der Waals surface area contributed by atoms with E-state index in [9.17, 15) is 14.3 Å². The molecule has 2 N–H and O–H groups in total. The maximum Gasteiger partial charge on any atom is 0.164 e. The molecule has 0 spiro atoms. The lowest BCUT2D eigenvalue weighted by atomic mass is 9.79. The van der Waals surface area contributed by atoms with Crippen LogP contribution in [0, 0.1) is 5.82 Å². The first-order valence-electron chi connectivity index (χ1n) is 6.85. The quantitative estimate of drug-likeness (QED) is 0.792. The van der Waals surface area contributed by atoms with Gasteiger partial charge in [0.2, 0.25) is 0 Å². The van der Waals surface area contributed by atoms with Gasteiger partial charge in [0.05, 0.1) is 11.2 Å². The molecule has 20 heavy (non-hydrogen) atoms. The molecule has 2 unspecified atom stereocenters. The molecule has 0 aliphatic heterocycles. The molecule has 1 aliphatic rings. The molecule has 0 bridgehead atoms. The lowest BCUT2D eigenvalue weighted by molar-refractivity contribution is -0.0120. The van der Waals surface area contributed by atoms with Gasteiger partial charge in [-0.15, -0.1) is 0 Å². The maximum atomic E-state index is 13.7. The Kier molecular flexibility index (Phi) is 4.70. The zero-order chi connectivity index (χ0) is 14.8. The van der Waals surface area contributed by atoms with Crippen LogP contribution in [-0.4, -0.2) is 34.0 Å². The van der Waals surface area contributed by atoms with Gasteiger partial charge < -0.3 is 10.4 Å². The van der Waals surface area contributed by atoms with Crippen molar-refractivity contribution in [2.75, 3.05) is 17.6 Å². The van der Waals surface area contributed by atoms with Crippen LogP contribution >= 0.6 is 11.8 Å². The number of benzene rings is 1. The van der Waals surface area contributed by atoms with E-state index in [1.54, 1.807) is 23.9 Å². The van der Waals surface area contributed by atoms with Gasteiger partial charge in [-0.2, -0.15) is 11.8 Å². The molecule has 0 saturated heterocycles. The minimum atomic E-state index is -0.763. The van der Waals surface area contributed by atoms with Crippen molar-refractivity contribution in [1.29, 1.82) is 0 Å². The Labute approximate surface area is 123 Å². The molecular formula is C15H20FNO2S. The highest BCUT2D eigenvalue weighted by atomic mass is 32.2. The van der Waals surface area contributed by atoms with Crippen molar-refractivity contribution < 1.29 is 14.3 Å². The Hall–Kier alpha value is -1.07. The standard InChI is InChI=1S/C15H20FNO2S/c1-3-20-13-7-8-15(13,19)9-17-12-6-4-5-11(16)14(12)10(2)18/h4-6,13,17,19H,3,7-9H2,1-2H3. The van der Waals surface area contributed by atoms with Crippen molar-refractivity contribution in [3.63, 3.8) is 0 Å². The summed E-state index contributed by atoms with van der Waals surface area (Å²) in [6.07, 6.45) is 1.74. The molecule has 0 heterocycles. The van der Waals surface area contributed by atoms with Crippen LogP contribution < -0.4 is 5.32 Å². The smallest absolute Gasteiger partial charge is 0.164 e. The summed E-state index contributed by atoms with van der Waals surface area (Å²) in [4.78, 5) is 11.5. The summed E-state index contributed by atoms with van der Waals surface area (Å²) in [6, 6.07) is 4.51. The van der Waals surface area contributed by atoms with Crippen molar-refractivity contribution in [2.24, 2.45) is 0 Å². The highest BCUT2D eigenvalue weighted by molar-refractivity contribution is 8.00. The third-order valence-corrected chi connectivity index (χ3v) is 5.17. The summed E-state index contributed by atoms with van der Waals surface area (Å²) >= 11 is 1.74.